The minimum absolute atomic E-state index is 0.00898. The first kappa shape index (κ1) is 45.0. The molecule has 7 atom stereocenters. The maximum Gasteiger partial charge on any atom is 0.408 e. The Labute approximate surface area is 382 Å². The van der Waals surface area contributed by atoms with E-state index in [1.54, 1.807) is 6.08 Å². The summed E-state index contributed by atoms with van der Waals surface area (Å²) >= 11 is 0. The predicted octanol–water partition coefficient (Wildman–Crippen LogP) is 6.76. The van der Waals surface area contributed by atoms with Gasteiger partial charge in [0, 0.05) is 17.9 Å². The summed E-state index contributed by atoms with van der Waals surface area (Å²) in [6.07, 6.45) is 19.6. The van der Waals surface area contributed by atoms with E-state index in [0.717, 1.165) is 80.2 Å². The second-order valence-corrected chi connectivity index (χ2v) is 21.5. The lowest BCUT2D eigenvalue weighted by atomic mass is 9.66. The molecule has 7 aliphatic rings. The van der Waals surface area contributed by atoms with Crippen molar-refractivity contribution < 1.29 is 41.8 Å². The van der Waals surface area contributed by atoms with Gasteiger partial charge in [-0.05, 0) is 114 Å². The third-order valence-electron chi connectivity index (χ3n) is 15.2. The number of allylic oxidation sites excluding steroid dienone is 3. The summed E-state index contributed by atoms with van der Waals surface area (Å²) in [5, 5.41) is 5.32. The van der Waals surface area contributed by atoms with Gasteiger partial charge in [-0.1, -0.05) is 73.6 Å². The Morgan fingerprint density at radius 2 is 1.80 bits per heavy atom. The molecular weight excluding hydrogens is 847 g/mol. The van der Waals surface area contributed by atoms with Crippen molar-refractivity contribution in [1.82, 2.24) is 25.2 Å². The van der Waals surface area contributed by atoms with E-state index < -0.39 is 74.3 Å². The number of ether oxygens (including phenoxy) is 3. The SMILES string of the molecule is C=C[C@@H]1CC[C@]1(NC(=O)[C@@H]1C[C@@H]2CN1C(=O)[C@H](C1CCCC1)NC(=O)O[C@]1(C)CCCC1CC/C=C/Cc1c(nc3c(c1OCc1ccccc1)C=CCC3)O2)C(=O)NS(=O)(=O)C1CC1. The fraction of sp³-hybridized carbons (Fsp3) is 0.580. The van der Waals surface area contributed by atoms with Crippen LogP contribution in [-0.4, -0.2) is 83.2 Å². The maximum absolute atomic E-state index is 15.2. The number of rotatable bonds is 10. The second kappa shape index (κ2) is 18.6. The zero-order valence-electron chi connectivity index (χ0n) is 37.4. The summed E-state index contributed by atoms with van der Waals surface area (Å²) in [7, 11) is -3.93. The van der Waals surface area contributed by atoms with Crippen LogP contribution in [0.5, 0.6) is 11.6 Å². The molecule has 5 fully saturated rings. The van der Waals surface area contributed by atoms with Gasteiger partial charge in [0.05, 0.1) is 23.1 Å². The van der Waals surface area contributed by atoms with Gasteiger partial charge in [0.2, 0.25) is 27.7 Å². The molecule has 1 unspecified atom stereocenters. The molecule has 5 aliphatic carbocycles. The number of hydrogen-bond acceptors (Lipinski definition) is 10. The molecule has 3 heterocycles. The molecule has 348 valence electrons. The van der Waals surface area contributed by atoms with Crippen LogP contribution in [0.4, 0.5) is 4.79 Å². The molecule has 0 radical (unpaired) electrons. The van der Waals surface area contributed by atoms with E-state index in [2.05, 4.69) is 46.2 Å². The summed E-state index contributed by atoms with van der Waals surface area (Å²) in [5.41, 5.74) is 1.21. The normalized spacial score (nSPS) is 31.0. The van der Waals surface area contributed by atoms with Gasteiger partial charge in [0.1, 0.15) is 41.7 Å². The first-order valence-electron chi connectivity index (χ1n) is 23.9. The lowest BCUT2D eigenvalue weighted by Gasteiger charge is -2.47. The average molecular weight is 910 g/mol. The highest BCUT2D eigenvalue weighted by atomic mass is 32.2. The fourth-order valence-corrected chi connectivity index (χ4v) is 12.5. The summed E-state index contributed by atoms with van der Waals surface area (Å²) in [4.78, 5) is 64.7. The van der Waals surface area contributed by atoms with Gasteiger partial charge >= 0.3 is 6.09 Å². The Bertz CT molecular complexity index is 2340. The van der Waals surface area contributed by atoms with Crippen molar-refractivity contribution in [2.24, 2.45) is 17.8 Å². The number of alkyl carbamates (subject to hydrolysis) is 1. The minimum atomic E-state index is -3.93. The Hall–Kier alpha value is -5.18. The first-order chi connectivity index (χ1) is 31.4. The number of carbonyl (C=O) groups excluding carboxylic acids is 4. The quantitative estimate of drug-likeness (QED) is 0.216. The van der Waals surface area contributed by atoms with Gasteiger partial charge < -0.3 is 29.7 Å². The van der Waals surface area contributed by atoms with Crippen molar-refractivity contribution in [2.45, 2.75) is 157 Å². The molecular formula is C50H63N5O9S. The van der Waals surface area contributed by atoms with E-state index in [0.29, 0.717) is 56.8 Å². The summed E-state index contributed by atoms with van der Waals surface area (Å²) in [6.45, 7) is 6.22. The van der Waals surface area contributed by atoms with E-state index in [4.69, 9.17) is 19.2 Å². The molecule has 2 bridgehead atoms. The highest BCUT2D eigenvalue weighted by molar-refractivity contribution is 7.91. The Morgan fingerprint density at radius 1 is 1.00 bits per heavy atom. The van der Waals surface area contributed by atoms with E-state index in [1.165, 1.54) is 4.90 Å². The minimum Gasteiger partial charge on any atom is -0.488 e. The van der Waals surface area contributed by atoms with Crippen molar-refractivity contribution in [3.63, 3.8) is 0 Å². The summed E-state index contributed by atoms with van der Waals surface area (Å²) in [5.74, 6) is -1.41. The number of aryl methyl sites for hydroxylation is 1. The number of benzene rings is 1. The third-order valence-corrected chi connectivity index (χ3v) is 17.0. The highest BCUT2D eigenvalue weighted by Crippen LogP contribution is 2.44. The van der Waals surface area contributed by atoms with Crippen molar-refractivity contribution >= 4 is 39.9 Å². The van der Waals surface area contributed by atoms with E-state index >= 15 is 4.79 Å². The Kier molecular flexibility index (Phi) is 12.9. The smallest absolute Gasteiger partial charge is 0.408 e. The van der Waals surface area contributed by atoms with Gasteiger partial charge in [-0.2, -0.15) is 0 Å². The van der Waals surface area contributed by atoms with Gasteiger partial charge in [0.25, 0.3) is 5.91 Å². The monoisotopic (exact) mass is 909 g/mol. The number of amides is 4. The molecule has 1 saturated heterocycles. The van der Waals surface area contributed by atoms with Crippen LogP contribution >= 0.6 is 0 Å². The predicted molar refractivity (Wildman–Crippen MR) is 244 cm³/mol. The zero-order valence-corrected chi connectivity index (χ0v) is 38.3. The number of aromatic nitrogens is 1. The molecule has 0 spiro atoms. The van der Waals surface area contributed by atoms with Crippen molar-refractivity contribution in [2.75, 3.05) is 6.54 Å². The van der Waals surface area contributed by atoms with Crippen molar-refractivity contribution in [3.8, 4) is 11.6 Å². The molecule has 2 aliphatic heterocycles. The van der Waals surface area contributed by atoms with Gasteiger partial charge in [-0.25, -0.2) is 18.2 Å². The van der Waals surface area contributed by atoms with Crippen molar-refractivity contribution in [1.29, 1.82) is 0 Å². The van der Waals surface area contributed by atoms with Crippen LogP contribution in [0, 0.1) is 17.8 Å². The van der Waals surface area contributed by atoms with Gasteiger partial charge in [-0.3, -0.25) is 19.1 Å². The largest absolute Gasteiger partial charge is 0.488 e. The number of hydrogen-bond donors (Lipinski definition) is 3. The topological polar surface area (TPSA) is 182 Å². The van der Waals surface area contributed by atoms with Crippen LogP contribution in [0.25, 0.3) is 6.08 Å². The Balaban J connectivity index is 1.09. The van der Waals surface area contributed by atoms with Crippen LogP contribution in [0.1, 0.15) is 126 Å². The molecule has 9 rings (SSSR count). The summed E-state index contributed by atoms with van der Waals surface area (Å²) < 4.78 is 48.3. The molecule has 65 heavy (non-hydrogen) atoms. The molecule has 4 amide bonds. The van der Waals surface area contributed by atoms with E-state index in [1.807, 2.05) is 37.3 Å². The first-order valence-corrected chi connectivity index (χ1v) is 25.4. The number of pyridine rings is 1. The van der Waals surface area contributed by atoms with E-state index in [9.17, 15) is 22.8 Å². The van der Waals surface area contributed by atoms with Gasteiger partial charge in [0.15, 0.2) is 0 Å². The lowest BCUT2D eigenvalue weighted by molar-refractivity contribution is -0.145. The van der Waals surface area contributed by atoms with Crippen LogP contribution in [0.2, 0.25) is 0 Å². The summed E-state index contributed by atoms with van der Waals surface area (Å²) in [6, 6.07) is 7.86. The molecule has 1 aromatic carbocycles. The van der Waals surface area contributed by atoms with Crippen LogP contribution in [-0.2, 0) is 48.6 Å². The zero-order chi connectivity index (χ0) is 45.3. The molecule has 2 aromatic rings. The third kappa shape index (κ3) is 9.31. The second-order valence-electron chi connectivity index (χ2n) is 19.5. The number of nitrogens with one attached hydrogen (secondary N) is 3. The van der Waals surface area contributed by atoms with Crippen LogP contribution < -0.4 is 24.8 Å². The molecule has 1 aromatic heterocycles. The number of nitrogens with zero attached hydrogens (tertiary/aromatic N) is 2. The number of fused-ring (bicyclic) bond motifs is 5. The number of carbonyl (C=O) groups is 4. The standard InChI is InChI=1S/C50H63N5O9S/c1-3-34-26-28-50(34,47(58)54-65(60,61)37-24-25-37)53-44(56)41-29-36-30-55(41)46(57)42(33-17-10-11-18-33)52-48(59)64-49(2)27-14-20-35(49)19-8-5-9-22-39-43(62-31-32-15-6-4-7-16-32)38-21-12-13-23-40(38)51-45(39)63-36/h3-7,9,12,15-16,21,33-37,41-42H,1,8,10-11,13-14,17-20,22-31H2,2H3,(H,52,59)(H,53,56)(H,54,58)/b9-5+/t34-,35?,36-,41+,42+,49-,50-/m1/s1. The van der Waals surface area contributed by atoms with Crippen LogP contribution in [0.3, 0.4) is 0 Å². The van der Waals surface area contributed by atoms with Crippen LogP contribution in [0.15, 0.2) is 61.2 Å². The van der Waals surface area contributed by atoms with E-state index in [-0.39, 0.29) is 31.2 Å². The molecule has 3 N–H and O–H groups in total. The average Bonchev–Trinajstić information content (AvgIpc) is 3.68. The highest BCUT2D eigenvalue weighted by Gasteiger charge is 2.56. The molecule has 4 saturated carbocycles. The lowest BCUT2D eigenvalue weighted by Crippen LogP contribution is -2.70. The van der Waals surface area contributed by atoms with Crippen molar-refractivity contribution in [3.05, 3.63) is 83.6 Å². The fourth-order valence-electron chi connectivity index (χ4n) is 11.2. The molecule has 14 nitrogen and oxygen atoms in total. The molecule has 15 heteroatoms. The number of sulfonamides is 1. The van der Waals surface area contributed by atoms with Gasteiger partial charge in [-0.15, -0.1) is 6.58 Å². The maximum atomic E-state index is 15.2. The Morgan fingerprint density at radius 3 is 2.54 bits per heavy atom.